The zero-order valence-corrected chi connectivity index (χ0v) is 9.71. The number of hydrogen-bond acceptors (Lipinski definition) is 5. The summed E-state index contributed by atoms with van der Waals surface area (Å²) in [6, 6.07) is 0. The van der Waals surface area contributed by atoms with E-state index in [1.54, 1.807) is 20.8 Å². The zero-order valence-electron chi connectivity index (χ0n) is 9.71. The van der Waals surface area contributed by atoms with Crippen molar-refractivity contribution in [2.75, 3.05) is 0 Å². The second kappa shape index (κ2) is 3.51. The van der Waals surface area contributed by atoms with E-state index in [9.17, 15) is 10.2 Å². The van der Waals surface area contributed by atoms with Crippen LogP contribution >= 0.6 is 0 Å². The smallest absolute Gasteiger partial charge is 0.190 e. The summed E-state index contributed by atoms with van der Waals surface area (Å²) in [7, 11) is 0. The van der Waals surface area contributed by atoms with Gasteiger partial charge in [0.1, 0.15) is 23.9 Å². The average molecular weight is 230 g/mol. The fourth-order valence-electron chi connectivity index (χ4n) is 2.22. The fraction of sp³-hybridized carbons (Fsp3) is 0.818. The van der Waals surface area contributed by atoms with Gasteiger partial charge < -0.3 is 24.4 Å². The molecule has 0 spiro atoms. The van der Waals surface area contributed by atoms with Crippen molar-refractivity contribution in [2.24, 2.45) is 0 Å². The van der Waals surface area contributed by atoms with Gasteiger partial charge in [0.15, 0.2) is 12.1 Å². The van der Waals surface area contributed by atoms with Gasteiger partial charge in [-0.3, -0.25) is 0 Å². The highest BCUT2D eigenvalue weighted by Crippen LogP contribution is 2.43. The summed E-state index contributed by atoms with van der Waals surface area (Å²) in [6.45, 7) is 8.55. The Labute approximate surface area is 94.6 Å². The molecule has 2 aliphatic heterocycles. The quantitative estimate of drug-likeness (QED) is 0.661. The van der Waals surface area contributed by atoms with Crippen LogP contribution in [0.15, 0.2) is 12.7 Å². The highest BCUT2D eigenvalue weighted by Gasteiger charge is 2.62. The van der Waals surface area contributed by atoms with Crippen molar-refractivity contribution in [3.05, 3.63) is 12.7 Å². The standard InChI is InChI=1S/C11H18O5/c1-5-6(12)7-11(4,13)8-9(14-7)16-10(2,3)15-8/h5-9,12-13H,1H2,2-4H3/t6-,7+,8-,9+,11-/m0/s1. The van der Waals surface area contributed by atoms with E-state index in [0.717, 1.165) is 0 Å². The summed E-state index contributed by atoms with van der Waals surface area (Å²) in [5.41, 5.74) is -1.30. The van der Waals surface area contributed by atoms with Gasteiger partial charge in [-0.05, 0) is 20.8 Å². The largest absolute Gasteiger partial charge is 0.386 e. The molecule has 2 heterocycles. The van der Waals surface area contributed by atoms with Crippen LogP contribution in [-0.2, 0) is 14.2 Å². The van der Waals surface area contributed by atoms with Gasteiger partial charge in [-0.25, -0.2) is 0 Å². The third-order valence-electron chi connectivity index (χ3n) is 3.04. The first-order valence-corrected chi connectivity index (χ1v) is 5.32. The molecular weight excluding hydrogens is 212 g/mol. The van der Waals surface area contributed by atoms with E-state index in [-0.39, 0.29) is 0 Å². The van der Waals surface area contributed by atoms with Crippen molar-refractivity contribution >= 4 is 0 Å². The van der Waals surface area contributed by atoms with E-state index in [1.165, 1.54) is 6.08 Å². The van der Waals surface area contributed by atoms with Crippen molar-refractivity contribution in [1.29, 1.82) is 0 Å². The summed E-state index contributed by atoms with van der Waals surface area (Å²) in [5.74, 6) is -0.774. The SMILES string of the molecule is C=C[C@H](O)[C@H]1O[C@@H]2OC(C)(C)O[C@@H]2[C@@]1(C)O. The van der Waals surface area contributed by atoms with Crippen LogP contribution in [0, 0.1) is 0 Å². The first-order chi connectivity index (χ1) is 7.28. The van der Waals surface area contributed by atoms with E-state index in [1.807, 2.05) is 0 Å². The Bertz CT molecular complexity index is 299. The van der Waals surface area contributed by atoms with Crippen molar-refractivity contribution in [3.63, 3.8) is 0 Å². The minimum Gasteiger partial charge on any atom is -0.386 e. The summed E-state index contributed by atoms with van der Waals surface area (Å²) in [5, 5.41) is 20.0. The van der Waals surface area contributed by atoms with Crippen molar-refractivity contribution in [2.45, 2.75) is 56.8 Å². The molecular formula is C11H18O5. The molecule has 0 unspecified atom stereocenters. The predicted molar refractivity (Wildman–Crippen MR) is 55.5 cm³/mol. The topological polar surface area (TPSA) is 68.2 Å². The minimum atomic E-state index is -1.30. The Morgan fingerprint density at radius 3 is 2.44 bits per heavy atom. The summed E-state index contributed by atoms with van der Waals surface area (Å²) in [4.78, 5) is 0. The Kier molecular flexibility index (Phi) is 2.64. The maximum atomic E-state index is 10.3. The Hall–Kier alpha value is -0.460. The Morgan fingerprint density at radius 2 is 1.94 bits per heavy atom. The molecule has 2 aliphatic rings. The van der Waals surface area contributed by atoms with Crippen LogP contribution in [0.25, 0.3) is 0 Å². The second-order valence-corrected chi connectivity index (χ2v) is 4.93. The highest BCUT2D eigenvalue weighted by molar-refractivity contribution is 5.07. The molecule has 5 heteroatoms. The van der Waals surface area contributed by atoms with E-state index >= 15 is 0 Å². The number of hydrogen-bond donors (Lipinski definition) is 2. The van der Waals surface area contributed by atoms with Gasteiger partial charge in [-0.2, -0.15) is 0 Å². The fourth-order valence-corrected chi connectivity index (χ4v) is 2.22. The van der Waals surface area contributed by atoms with Crippen LogP contribution in [-0.4, -0.2) is 46.2 Å². The first-order valence-electron chi connectivity index (χ1n) is 5.32. The molecule has 0 amide bonds. The molecule has 16 heavy (non-hydrogen) atoms. The molecule has 2 fully saturated rings. The van der Waals surface area contributed by atoms with Gasteiger partial charge in [0.25, 0.3) is 0 Å². The van der Waals surface area contributed by atoms with Crippen LogP contribution in [0.1, 0.15) is 20.8 Å². The van der Waals surface area contributed by atoms with Crippen LogP contribution in [0.5, 0.6) is 0 Å². The third-order valence-corrected chi connectivity index (χ3v) is 3.04. The summed E-state index contributed by atoms with van der Waals surface area (Å²) in [6.07, 6.45) is -1.65. The summed E-state index contributed by atoms with van der Waals surface area (Å²) >= 11 is 0. The molecule has 2 N–H and O–H groups in total. The van der Waals surface area contributed by atoms with Gasteiger partial charge in [-0.15, -0.1) is 6.58 Å². The molecule has 0 bridgehead atoms. The lowest BCUT2D eigenvalue weighted by atomic mass is 9.91. The molecule has 0 aromatic rings. The van der Waals surface area contributed by atoms with E-state index < -0.39 is 36.0 Å². The molecule has 0 radical (unpaired) electrons. The lowest BCUT2D eigenvalue weighted by Gasteiger charge is -2.31. The zero-order chi connectivity index (χ0) is 12.1. The molecule has 0 aliphatic carbocycles. The van der Waals surface area contributed by atoms with Crippen LogP contribution in [0.2, 0.25) is 0 Å². The molecule has 5 atom stereocenters. The average Bonchev–Trinajstić information content (AvgIpc) is 2.59. The van der Waals surface area contributed by atoms with Gasteiger partial charge in [0.05, 0.1) is 0 Å². The van der Waals surface area contributed by atoms with Crippen LogP contribution in [0.3, 0.4) is 0 Å². The molecule has 92 valence electrons. The van der Waals surface area contributed by atoms with E-state index in [0.29, 0.717) is 0 Å². The number of fused-ring (bicyclic) bond motifs is 1. The molecule has 0 aromatic heterocycles. The molecule has 0 aromatic carbocycles. The van der Waals surface area contributed by atoms with Gasteiger partial charge >= 0.3 is 0 Å². The van der Waals surface area contributed by atoms with Gasteiger partial charge in [-0.1, -0.05) is 6.08 Å². The number of aliphatic hydroxyl groups is 2. The molecule has 5 nitrogen and oxygen atoms in total. The monoisotopic (exact) mass is 230 g/mol. The predicted octanol–water partition coefficient (Wildman–Crippen LogP) is 0.161. The molecule has 2 saturated heterocycles. The maximum Gasteiger partial charge on any atom is 0.190 e. The molecule has 2 rings (SSSR count). The summed E-state index contributed by atoms with van der Waals surface area (Å²) < 4.78 is 16.5. The first kappa shape index (κ1) is 12.0. The van der Waals surface area contributed by atoms with Crippen LogP contribution < -0.4 is 0 Å². The Morgan fingerprint density at radius 1 is 1.31 bits per heavy atom. The number of rotatable bonds is 2. The lowest BCUT2D eigenvalue weighted by molar-refractivity contribution is -0.236. The van der Waals surface area contributed by atoms with Crippen molar-refractivity contribution in [1.82, 2.24) is 0 Å². The van der Waals surface area contributed by atoms with Gasteiger partial charge in [0, 0.05) is 0 Å². The van der Waals surface area contributed by atoms with Crippen LogP contribution in [0.4, 0.5) is 0 Å². The normalized spacial score (nSPS) is 47.7. The van der Waals surface area contributed by atoms with Crippen molar-refractivity contribution < 1.29 is 24.4 Å². The van der Waals surface area contributed by atoms with E-state index in [2.05, 4.69) is 6.58 Å². The van der Waals surface area contributed by atoms with E-state index in [4.69, 9.17) is 14.2 Å². The highest BCUT2D eigenvalue weighted by atomic mass is 16.8. The van der Waals surface area contributed by atoms with Crippen molar-refractivity contribution in [3.8, 4) is 0 Å². The second-order valence-electron chi connectivity index (χ2n) is 4.93. The Balaban J connectivity index is 2.20. The lowest BCUT2D eigenvalue weighted by Crippen LogP contribution is -2.50. The third kappa shape index (κ3) is 1.69. The van der Waals surface area contributed by atoms with Gasteiger partial charge in [0.2, 0.25) is 0 Å². The minimum absolute atomic E-state index is 0.595. The molecule has 0 saturated carbocycles. The number of ether oxygens (including phenoxy) is 3. The number of aliphatic hydroxyl groups excluding tert-OH is 1. The maximum absolute atomic E-state index is 10.3.